The predicted molar refractivity (Wildman–Crippen MR) is 265 cm³/mol. The Bertz CT molecular complexity index is 2860. The molecule has 0 saturated carbocycles. The Balaban J connectivity index is 0.00000242. The van der Waals surface area contributed by atoms with E-state index in [9.17, 15) is 0 Å². The summed E-state index contributed by atoms with van der Waals surface area (Å²) in [6.45, 7) is 0. The molecule has 0 radical (unpaired) electrons. The minimum atomic E-state index is -0.300. The normalized spacial score (nSPS) is 15.9. The fourth-order valence-corrected chi connectivity index (χ4v) is 9.65. The van der Waals surface area contributed by atoms with Crippen LogP contribution in [0.1, 0.15) is 58.2 Å². The van der Waals surface area contributed by atoms with Gasteiger partial charge < -0.3 is 5.73 Å². The molecule has 1 heteroatoms. The van der Waals surface area contributed by atoms with Gasteiger partial charge in [-0.05, 0) is 134 Å². The lowest BCUT2D eigenvalue weighted by Crippen LogP contribution is -2.28. The predicted octanol–water partition coefficient (Wildman–Crippen LogP) is 15.2. The van der Waals surface area contributed by atoms with Crippen LogP contribution in [0.5, 0.6) is 0 Å². The summed E-state index contributed by atoms with van der Waals surface area (Å²) in [6.07, 6.45) is 17.0. The highest BCUT2D eigenvalue weighted by atomic mass is 14.5. The third-order valence-corrected chi connectivity index (χ3v) is 12.7. The van der Waals surface area contributed by atoms with Gasteiger partial charge in [0.1, 0.15) is 0 Å². The first-order chi connectivity index (χ1) is 30.7. The van der Waals surface area contributed by atoms with Gasteiger partial charge in [-0.2, -0.15) is 0 Å². The molecule has 8 aromatic rings. The molecule has 0 aliphatic heterocycles. The summed E-state index contributed by atoms with van der Waals surface area (Å²) in [5, 5.41) is 0. The van der Waals surface area contributed by atoms with Crippen molar-refractivity contribution in [1.29, 1.82) is 0 Å². The maximum Gasteiger partial charge on any atom is 0.0500 e. The fraction of sp³-hybridized carbons (Fsp3) is 0.115. The van der Waals surface area contributed by atoms with Gasteiger partial charge in [0.2, 0.25) is 0 Å². The molecule has 1 atom stereocenters. The Morgan fingerprint density at radius 3 is 1.84 bits per heavy atom. The van der Waals surface area contributed by atoms with Crippen molar-refractivity contribution in [3.05, 3.63) is 263 Å². The van der Waals surface area contributed by atoms with Crippen molar-refractivity contribution in [2.45, 2.75) is 37.5 Å². The molecule has 1 nitrogen and oxygen atoms in total. The Labute approximate surface area is 368 Å². The van der Waals surface area contributed by atoms with E-state index < -0.39 is 0 Å². The van der Waals surface area contributed by atoms with Crippen molar-refractivity contribution in [2.75, 3.05) is 7.05 Å². The second-order valence-electron chi connectivity index (χ2n) is 16.2. The molecule has 2 N–H and O–H groups in total. The van der Waals surface area contributed by atoms with Crippen LogP contribution in [-0.4, -0.2) is 7.05 Å². The average Bonchev–Trinajstić information content (AvgIpc) is 3.67. The molecule has 0 amide bonds. The topological polar surface area (TPSA) is 26.0 Å². The van der Waals surface area contributed by atoms with Gasteiger partial charge in [0, 0.05) is 0 Å². The molecule has 1 unspecified atom stereocenters. The molecule has 2 aliphatic carbocycles. The standard InChI is InChI=1S/C60H48.CH5N/c1-2-17-41-60(57-28-16-14-26-52(57)25-6-1)58-42-44(29-31-47(45-18-7-3-8-19-45)36-37-51-24-13-15-27-54(51)50-22-11-5-12-23-50)30-39-55(58)56-40-38-53(43-59(56)60)49-34-32-48(33-35-49)46-20-9-4-10-21-46;1-2/h2-5,7-24,26-28,30-40,42-43H,1,6,25,29,41H2;2H2,1H3/b17-2-,37-36-,47-31+;. The summed E-state index contributed by atoms with van der Waals surface area (Å²) in [6, 6.07) is 73.8. The number of hydrogen-bond donors (Lipinski definition) is 1. The number of allylic oxidation sites excluding steroid dienone is 5. The van der Waals surface area contributed by atoms with Gasteiger partial charge in [0.25, 0.3) is 0 Å². The van der Waals surface area contributed by atoms with Crippen LogP contribution >= 0.6 is 0 Å². The minimum Gasteiger partial charge on any atom is -0.333 e. The summed E-state index contributed by atoms with van der Waals surface area (Å²) in [7, 11) is 1.50. The monoisotopic (exact) mass is 799 g/mol. The van der Waals surface area contributed by atoms with Crippen molar-refractivity contribution in [3.8, 4) is 44.5 Å². The zero-order chi connectivity index (χ0) is 42.1. The second-order valence-corrected chi connectivity index (χ2v) is 16.2. The summed E-state index contributed by atoms with van der Waals surface area (Å²) < 4.78 is 0. The minimum absolute atomic E-state index is 0.300. The van der Waals surface area contributed by atoms with E-state index in [1.54, 1.807) is 0 Å². The van der Waals surface area contributed by atoms with Crippen molar-refractivity contribution in [2.24, 2.45) is 5.73 Å². The highest BCUT2D eigenvalue weighted by Crippen LogP contribution is 2.56. The summed E-state index contributed by atoms with van der Waals surface area (Å²) in [5.41, 5.74) is 25.1. The van der Waals surface area contributed by atoms with Crippen molar-refractivity contribution < 1.29 is 0 Å². The van der Waals surface area contributed by atoms with Crippen LogP contribution in [0, 0.1) is 0 Å². The molecular formula is C61H53N. The van der Waals surface area contributed by atoms with Gasteiger partial charge >= 0.3 is 0 Å². The molecule has 302 valence electrons. The molecule has 8 aromatic carbocycles. The lowest BCUT2D eigenvalue weighted by Gasteiger charge is -2.34. The molecule has 2 aliphatic rings. The molecule has 0 aromatic heterocycles. The first-order valence-electron chi connectivity index (χ1n) is 22.1. The average molecular weight is 800 g/mol. The van der Waals surface area contributed by atoms with Crippen LogP contribution in [0.3, 0.4) is 0 Å². The maximum absolute atomic E-state index is 4.50. The lowest BCUT2D eigenvalue weighted by atomic mass is 9.68. The zero-order valence-corrected chi connectivity index (χ0v) is 35.6. The summed E-state index contributed by atoms with van der Waals surface area (Å²) in [5.74, 6) is 0. The van der Waals surface area contributed by atoms with Crippen molar-refractivity contribution >= 4 is 11.6 Å². The van der Waals surface area contributed by atoms with E-state index >= 15 is 0 Å². The number of fused-ring (bicyclic) bond motifs is 7. The molecule has 0 bridgehead atoms. The first-order valence-corrected chi connectivity index (χ1v) is 22.1. The molecule has 0 fully saturated rings. The SMILES string of the molecule is C1=C\CC2(c3ccccc3CCC/1)c1cc(C/C=C(\C=C/c3ccccc3-c3ccccc3)c3ccccc3)ccc1-c1ccc(-c3ccc(-c4ccccc4)cc3)cc12.CN. The Morgan fingerprint density at radius 1 is 0.500 bits per heavy atom. The van der Waals surface area contributed by atoms with Gasteiger partial charge in [0.15, 0.2) is 0 Å². The molecule has 1 spiro atoms. The van der Waals surface area contributed by atoms with Crippen molar-refractivity contribution in [1.82, 2.24) is 0 Å². The van der Waals surface area contributed by atoms with Crippen LogP contribution in [0.2, 0.25) is 0 Å². The third kappa shape index (κ3) is 8.08. The smallest absolute Gasteiger partial charge is 0.0500 e. The van der Waals surface area contributed by atoms with Gasteiger partial charge in [-0.3, -0.25) is 0 Å². The summed E-state index contributed by atoms with van der Waals surface area (Å²) in [4.78, 5) is 0. The molecular weight excluding hydrogens is 747 g/mol. The number of benzene rings is 8. The Kier molecular flexibility index (Phi) is 12.2. The Hall–Kier alpha value is -7.06. The van der Waals surface area contributed by atoms with Crippen LogP contribution in [0.25, 0.3) is 56.2 Å². The second kappa shape index (κ2) is 18.7. The van der Waals surface area contributed by atoms with E-state index in [4.69, 9.17) is 0 Å². The van der Waals surface area contributed by atoms with E-state index in [1.807, 2.05) is 0 Å². The third-order valence-electron chi connectivity index (χ3n) is 12.7. The fourth-order valence-electron chi connectivity index (χ4n) is 9.65. The first kappa shape index (κ1) is 40.4. The highest BCUT2D eigenvalue weighted by Gasteiger charge is 2.45. The maximum atomic E-state index is 4.50. The van der Waals surface area contributed by atoms with E-state index in [0.717, 1.165) is 32.1 Å². The van der Waals surface area contributed by atoms with Crippen LogP contribution in [0.4, 0.5) is 0 Å². The van der Waals surface area contributed by atoms with Crippen LogP contribution in [-0.2, 0) is 18.3 Å². The van der Waals surface area contributed by atoms with Gasteiger partial charge in [0.05, 0.1) is 5.41 Å². The van der Waals surface area contributed by atoms with Gasteiger partial charge in [-0.15, -0.1) is 0 Å². The van der Waals surface area contributed by atoms with Crippen LogP contribution < -0.4 is 5.73 Å². The van der Waals surface area contributed by atoms with Gasteiger partial charge in [-0.1, -0.05) is 225 Å². The van der Waals surface area contributed by atoms with E-state index in [0.29, 0.717) is 0 Å². The van der Waals surface area contributed by atoms with E-state index in [2.05, 4.69) is 236 Å². The van der Waals surface area contributed by atoms with Gasteiger partial charge in [-0.25, -0.2) is 0 Å². The number of nitrogens with two attached hydrogens (primary N) is 1. The summed E-state index contributed by atoms with van der Waals surface area (Å²) >= 11 is 0. The molecule has 0 heterocycles. The largest absolute Gasteiger partial charge is 0.333 e. The van der Waals surface area contributed by atoms with E-state index in [-0.39, 0.29) is 5.41 Å². The Morgan fingerprint density at radius 2 is 1.08 bits per heavy atom. The van der Waals surface area contributed by atoms with Crippen molar-refractivity contribution in [3.63, 3.8) is 0 Å². The molecule has 0 saturated heterocycles. The lowest BCUT2D eigenvalue weighted by molar-refractivity contribution is 0.637. The highest BCUT2D eigenvalue weighted by molar-refractivity contribution is 5.88. The molecule has 10 rings (SSSR count). The van der Waals surface area contributed by atoms with E-state index in [1.165, 1.54) is 96.1 Å². The number of aryl methyl sites for hydroxylation is 1. The molecule has 62 heavy (non-hydrogen) atoms. The number of hydrogen-bond acceptors (Lipinski definition) is 1. The zero-order valence-electron chi connectivity index (χ0n) is 35.6. The number of rotatable bonds is 8. The van der Waals surface area contributed by atoms with Crippen LogP contribution in [0.15, 0.2) is 224 Å². The quantitative estimate of drug-likeness (QED) is 0.120.